The van der Waals surface area contributed by atoms with Gasteiger partial charge < -0.3 is 9.47 Å². The molecule has 12 aromatic rings. The molecule has 0 saturated heterocycles. The Hall–Kier alpha value is -8.72. The highest BCUT2D eigenvalue weighted by Gasteiger charge is 2.22. The van der Waals surface area contributed by atoms with Crippen molar-refractivity contribution in [3.8, 4) is 101 Å². The predicted octanol–water partition coefficient (Wildman–Crippen LogP) is 17.9. The topological polar surface area (TPSA) is 18.5 Å². The Balaban J connectivity index is 1.21. The highest BCUT2D eigenvalue weighted by molar-refractivity contribution is 6.32. The van der Waals surface area contributed by atoms with E-state index < -0.39 is 0 Å². The lowest BCUT2D eigenvalue weighted by Crippen LogP contribution is -1.95. The Kier molecular flexibility index (Phi) is 10.3. The first-order chi connectivity index (χ1) is 33.6. The SMILES string of the molecule is COc1ccc(-c2cc(-c3cc(-c4ccccc4)cc(-c4ccccc4)c3)c3ccc4c(-c5ccc(OC)cc5)cc(-c5cc(-c6ccccc6)cc(-c6ccccc6)c5)c5ccc2c3c45)cc1. The molecule has 12 rings (SSSR count). The highest BCUT2D eigenvalue weighted by atomic mass is 16.5. The van der Waals surface area contributed by atoms with E-state index in [0.29, 0.717) is 0 Å². The van der Waals surface area contributed by atoms with E-state index in [4.69, 9.17) is 9.47 Å². The van der Waals surface area contributed by atoms with Crippen LogP contribution in [-0.4, -0.2) is 14.2 Å². The van der Waals surface area contributed by atoms with Gasteiger partial charge in [0.05, 0.1) is 14.2 Å². The van der Waals surface area contributed by atoms with Gasteiger partial charge in [0.25, 0.3) is 0 Å². The van der Waals surface area contributed by atoms with Gasteiger partial charge in [-0.3, -0.25) is 0 Å². The Labute approximate surface area is 397 Å². The van der Waals surface area contributed by atoms with Crippen LogP contribution in [0.5, 0.6) is 11.5 Å². The molecule has 0 saturated carbocycles. The van der Waals surface area contributed by atoms with Gasteiger partial charge in [-0.25, -0.2) is 0 Å². The molecular formula is C66H46O2. The van der Waals surface area contributed by atoms with E-state index in [1.807, 2.05) is 0 Å². The molecule has 0 bridgehead atoms. The maximum atomic E-state index is 5.68. The first-order valence-corrected chi connectivity index (χ1v) is 23.2. The minimum Gasteiger partial charge on any atom is -0.497 e. The summed E-state index contributed by atoms with van der Waals surface area (Å²) in [7, 11) is 3.45. The number of hydrogen-bond acceptors (Lipinski definition) is 2. The lowest BCUT2D eigenvalue weighted by Gasteiger charge is -2.22. The van der Waals surface area contributed by atoms with Gasteiger partial charge in [0.15, 0.2) is 0 Å². The Morgan fingerprint density at radius 3 is 0.721 bits per heavy atom. The van der Waals surface area contributed by atoms with Gasteiger partial charge in [-0.2, -0.15) is 0 Å². The Morgan fingerprint density at radius 2 is 0.456 bits per heavy atom. The monoisotopic (exact) mass is 870 g/mol. The second-order valence-corrected chi connectivity index (χ2v) is 17.5. The van der Waals surface area contributed by atoms with Crippen LogP contribution in [0, 0.1) is 0 Å². The Bertz CT molecular complexity index is 3380. The van der Waals surface area contributed by atoms with E-state index in [1.54, 1.807) is 14.2 Å². The normalized spacial score (nSPS) is 11.4. The summed E-state index contributed by atoms with van der Waals surface area (Å²) in [5.41, 5.74) is 18.7. The van der Waals surface area contributed by atoms with Crippen molar-refractivity contribution in [2.24, 2.45) is 0 Å². The van der Waals surface area contributed by atoms with E-state index in [-0.39, 0.29) is 0 Å². The van der Waals surface area contributed by atoms with Crippen LogP contribution < -0.4 is 9.47 Å². The van der Waals surface area contributed by atoms with Crippen molar-refractivity contribution in [2.45, 2.75) is 0 Å². The summed E-state index contributed by atoms with van der Waals surface area (Å²) < 4.78 is 11.4. The molecular weight excluding hydrogens is 825 g/mol. The molecule has 0 aromatic heterocycles. The third-order valence-corrected chi connectivity index (χ3v) is 13.6. The molecule has 322 valence electrons. The van der Waals surface area contributed by atoms with Crippen molar-refractivity contribution in [1.29, 1.82) is 0 Å². The second-order valence-electron chi connectivity index (χ2n) is 17.5. The maximum absolute atomic E-state index is 5.68. The minimum atomic E-state index is 0.830. The van der Waals surface area contributed by atoms with Gasteiger partial charge in [-0.05, 0) is 194 Å². The summed E-state index contributed by atoms with van der Waals surface area (Å²) in [6.45, 7) is 0. The summed E-state index contributed by atoms with van der Waals surface area (Å²) in [5.74, 6) is 1.66. The second kappa shape index (κ2) is 17.3. The molecule has 0 spiro atoms. The molecule has 2 nitrogen and oxygen atoms in total. The van der Waals surface area contributed by atoms with Crippen LogP contribution in [0.3, 0.4) is 0 Å². The fraction of sp³-hybridized carbons (Fsp3) is 0.0303. The van der Waals surface area contributed by atoms with Crippen LogP contribution in [0.2, 0.25) is 0 Å². The summed E-state index contributed by atoms with van der Waals surface area (Å²) >= 11 is 0. The zero-order chi connectivity index (χ0) is 45.6. The molecule has 0 aliphatic rings. The zero-order valence-electron chi connectivity index (χ0n) is 37.9. The van der Waals surface area contributed by atoms with E-state index in [1.165, 1.54) is 99.1 Å². The first kappa shape index (κ1) is 40.8. The van der Waals surface area contributed by atoms with Gasteiger partial charge in [0.2, 0.25) is 0 Å². The summed E-state index contributed by atoms with van der Waals surface area (Å²) in [5, 5.41) is 7.31. The zero-order valence-corrected chi connectivity index (χ0v) is 37.9. The smallest absolute Gasteiger partial charge is 0.118 e. The van der Waals surface area contributed by atoms with Crippen LogP contribution in [0.15, 0.2) is 243 Å². The van der Waals surface area contributed by atoms with Crippen molar-refractivity contribution < 1.29 is 9.47 Å². The molecule has 68 heavy (non-hydrogen) atoms. The molecule has 0 aliphatic heterocycles. The summed E-state index contributed by atoms with van der Waals surface area (Å²) in [6, 6.07) is 88.5. The molecule has 0 fully saturated rings. The van der Waals surface area contributed by atoms with E-state index in [2.05, 4.69) is 243 Å². The summed E-state index contributed by atoms with van der Waals surface area (Å²) in [4.78, 5) is 0. The number of benzene rings is 12. The van der Waals surface area contributed by atoms with Crippen molar-refractivity contribution in [3.05, 3.63) is 243 Å². The van der Waals surface area contributed by atoms with E-state index in [9.17, 15) is 0 Å². The van der Waals surface area contributed by atoms with Crippen LogP contribution >= 0.6 is 0 Å². The van der Waals surface area contributed by atoms with Crippen LogP contribution in [-0.2, 0) is 0 Å². The average Bonchev–Trinajstić information content (AvgIpc) is 3.42. The van der Waals surface area contributed by atoms with Crippen molar-refractivity contribution in [1.82, 2.24) is 0 Å². The molecule has 0 unspecified atom stereocenters. The van der Waals surface area contributed by atoms with Gasteiger partial charge in [0.1, 0.15) is 11.5 Å². The summed E-state index contributed by atoms with van der Waals surface area (Å²) in [6.07, 6.45) is 0. The van der Waals surface area contributed by atoms with Crippen LogP contribution in [0.1, 0.15) is 0 Å². The number of methoxy groups -OCH3 is 2. The first-order valence-electron chi connectivity index (χ1n) is 23.2. The lowest BCUT2D eigenvalue weighted by atomic mass is 9.81. The maximum Gasteiger partial charge on any atom is 0.118 e. The third kappa shape index (κ3) is 7.33. The quantitative estimate of drug-likeness (QED) is 0.128. The molecule has 0 amide bonds. The minimum absolute atomic E-state index is 0.830. The molecule has 0 radical (unpaired) electrons. The molecule has 0 N–H and O–H groups in total. The highest BCUT2D eigenvalue weighted by Crippen LogP contribution is 2.50. The van der Waals surface area contributed by atoms with Gasteiger partial charge in [-0.1, -0.05) is 170 Å². The fourth-order valence-corrected chi connectivity index (χ4v) is 10.2. The third-order valence-electron chi connectivity index (χ3n) is 13.6. The van der Waals surface area contributed by atoms with Crippen molar-refractivity contribution in [3.63, 3.8) is 0 Å². The predicted molar refractivity (Wildman–Crippen MR) is 287 cm³/mol. The number of ether oxygens (including phenoxy) is 2. The van der Waals surface area contributed by atoms with Crippen LogP contribution in [0.25, 0.3) is 121 Å². The molecule has 0 heterocycles. The fourth-order valence-electron chi connectivity index (χ4n) is 10.2. The van der Waals surface area contributed by atoms with Gasteiger partial charge in [0, 0.05) is 0 Å². The molecule has 12 aromatic carbocycles. The number of rotatable bonds is 10. The van der Waals surface area contributed by atoms with Gasteiger partial charge >= 0.3 is 0 Å². The van der Waals surface area contributed by atoms with E-state index in [0.717, 1.165) is 33.8 Å². The lowest BCUT2D eigenvalue weighted by molar-refractivity contribution is 0.415. The molecule has 0 aliphatic carbocycles. The van der Waals surface area contributed by atoms with E-state index >= 15 is 0 Å². The van der Waals surface area contributed by atoms with Gasteiger partial charge in [-0.15, -0.1) is 0 Å². The largest absolute Gasteiger partial charge is 0.497 e. The Morgan fingerprint density at radius 1 is 0.206 bits per heavy atom. The van der Waals surface area contributed by atoms with Crippen molar-refractivity contribution in [2.75, 3.05) is 14.2 Å². The molecule has 0 atom stereocenters. The van der Waals surface area contributed by atoms with Crippen molar-refractivity contribution >= 4 is 32.3 Å². The average molecular weight is 871 g/mol. The molecule has 2 heteroatoms. The number of hydrogen-bond donors (Lipinski definition) is 0. The van der Waals surface area contributed by atoms with Crippen LogP contribution in [0.4, 0.5) is 0 Å². The standard InChI is InChI=1S/C66H46O2/c1-67-55-27-23-47(24-28-55)61-41-63(53-37-49(43-15-7-3-8-16-43)35-50(38-53)44-17-9-4-10-18-44)59-34-32-58-62(48-25-29-56(68-2)30-26-48)42-64(60-33-31-57(61)65(59)66(58)60)54-39-51(45-19-11-5-12-20-45)36-52(40-54)46-21-13-6-14-22-46/h3-42H,1-2H3.